The number of nitrogens with zero attached hydrogens (tertiary/aromatic N) is 4. The second-order valence-corrected chi connectivity index (χ2v) is 9.24. The average Bonchev–Trinajstić information content (AvgIpc) is 3.16. The van der Waals surface area contributed by atoms with Crippen molar-refractivity contribution in [1.29, 1.82) is 0 Å². The summed E-state index contributed by atoms with van der Waals surface area (Å²) in [7, 11) is 1.41. The number of alkyl halides is 3. The maximum Gasteiger partial charge on any atom is 0.433 e. The highest BCUT2D eigenvalue weighted by Gasteiger charge is 2.37. The minimum absolute atomic E-state index is 0.0664. The number of rotatable bonds is 5. The number of carbonyl (C=O) groups is 1. The van der Waals surface area contributed by atoms with Crippen LogP contribution in [-0.2, 0) is 6.18 Å². The highest BCUT2D eigenvalue weighted by molar-refractivity contribution is 9.11. The van der Waals surface area contributed by atoms with Crippen molar-refractivity contribution in [2.24, 2.45) is 0 Å². The lowest BCUT2D eigenvalue weighted by molar-refractivity contribution is -0.385. The number of aromatic nitrogens is 3. The molecule has 0 saturated heterocycles. The lowest BCUT2D eigenvalue weighted by Crippen LogP contribution is -2.16. The van der Waals surface area contributed by atoms with Crippen LogP contribution in [0.4, 0.5) is 24.5 Å². The summed E-state index contributed by atoms with van der Waals surface area (Å²) in [6.45, 7) is 0. The molecular formula is C21H11Br2ClF3N5O4. The minimum atomic E-state index is -4.86. The first-order valence-electron chi connectivity index (χ1n) is 9.66. The van der Waals surface area contributed by atoms with Crippen molar-refractivity contribution in [3.8, 4) is 17.0 Å². The van der Waals surface area contributed by atoms with Gasteiger partial charge in [-0.15, -0.1) is 0 Å². The molecule has 2 aromatic heterocycles. The van der Waals surface area contributed by atoms with E-state index in [0.29, 0.717) is 15.8 Å². The topological polar surface area (TPSA) is 112 Å². The van der Waals surface area contributed by atoms with Gasteiger partial charge in [-0.1, -0.05) is 23.7 Å². The number of nitro benzene ring substituents is 1. The molecule has 0 aliphatic heterocycles. The average molecular weight is 650 g/mol. The number of anilines is 1. The summed E-state index contributed by atoms with van der Waals surface area (Å²) in [5.74, 6) is -0.557. The van der Waals surface area contributed by atoms with Crippen molar-refractivity contribution < 1.29 is 27.6 Å². The molecule has 1 amide bonds. The van der Waals surface area contributed by atoms with Gasteiger partial charge in [-0.25, -0.2) is 9.50 Å². The van der Waals surface area contributed by atoms with Crippen LogP contribution in [0, 0.1) is 10.1 Å². The SMILES string of the molecule is COc1cccc(-c2cc(C(F)(F)F)n3nc(C(=O)Nc4c(Br)cc([N+](=O)[O-])cc4Br)c(Cl)c3n2)c1. The molecular weight excluding hydrogens is 639 g/mol. The molecule has 9 nitrogen and oxygen atoms in total. The standard InChI is InChI=1S/C21H11Br2ClF3N5O4/c1-36-11-4-2-3-9(5-11)14-8-15(21(25,26)27)31-19(28-14)16(24)18(30-31)20(33)29-17-12(22)6-10(32(34)35)7-13(17)23/h2-8H,1H3,(H,29,33). The van der Waals surface area contributed by atoms with Gasteiger partial charge in [0.25, 0.3) is 11.6 Å². The Balaban J connectivity index is 1.83. The number of nitrogens with one attached hydrogen (secondary N) is 1. The molecule has 2 heterocycles. The van der Waals surface area contributed by atoms with E-state index in [2.05, 4.69) is 47.3 Å². The van der Waals surface area contributed by atoms with Crippen molar-refractivity contribution in [3.63, 3.8) is 0 Å². The van der Waals surface area contributed by atoms with Crippen molar-refractivity contribution in [3.05, 3.63) is 77.9 Å². The van der Waals surface area contributed by atoms with Crippen molar-refractivity contribution in [2.75, 3.05) is 12.4 Å². The van der Waals surface area contributed by atoms with Gasteiger partial charge in [0.2, 0.25) is 0 Å². The van der Waals surface area contributed by atoms with Gasteiger partial charge in [0, 0.05) is 26.6 Å². The summed E-state index contributed by atoms with van der Waals surface area (Å²) in [4.78, 5) is 27.6. The van der Waals surface area contributed by atoms with Crippen LogP contribution < -0.4 is 10.1 Å². The molecule has 0 spiro atoms. The maximum atomic E-state index is 13.9. The first-order valence-corrected chi connectivity index (χ1v) is 11.6. The fourth-order valence-corrected chi connectivity index (χ4v) is 4.83. The molecule has 0 fully saturated rings. The number of hydrogen-bond donors (Lipinski definition) is 1. The fourth-order valence-electron chi connectivity index (χ4n) is 3.23. The number of non-ortho nitro benzene ring substituents is 1. The molecule has 0 radical (unpaired) electrons. The first-order chi connectivity index (χ1) is 16.9. The van der Waals surface area contributed by atoms with E-state index >= 15 is 0 Å². The number of benzene rings is 2. The van der Waals surface area contributed by atoms with E-state index in [9.17, 15) is 28.1 Å². The third-order valence-electron chi connectivity index (χ3n) is 4.88. The monoisotopic (exact) mass is 647 g/mol. The van der Waals surface area contributed by atoms with Gasteiger partial charge in [0.15, 0.2) is 17.0 Å². The Morgan fingerprint density at radius 3 is 2.44 bits per heavy atom. The smallest absolute Gasteiger partial charge is 0.433 e. The summed E-state index contributed by atoms with van der Waals surface area (Å²) in [5, 5.41) is 16.8. The van der Waals surface area contributed by atoms with Crippen LogP contribution in [0.5, 0.6) is 5.75 Å². The predicted octanol–water partition coefficient (Wildman–Crippen LogP) is 6.76. The number of carbonyl (C=O) groups excluding carboxylic acids is 1. The zero-order valence-electron chi connectivity index (χ0n) is 17.7. The van der Waals surface area contributed by atoms with Gasteiger partial charge in [0.05, 0.1) is 23.4 Å². The molecule has 0 saturated carbocycles. The van der Waals surface area contributed by atoms with Gasteiger partial charge in [-0.3, -0.25) is 14.9 Å². The molecule has 0 aliphatic carbocycles. The van der Waals surface area contributed by atoms with Gasteiger partial charge < -0.3 is 10.1 Å². The number of nitro groups is 1. The van der Waals surface area contributed by atoms with Crippen LogP contribution in [0.3, 0.4) is 0 Å². The van der Waals surface area contributed by atoms with E-state index in [0.717, 1.165) is 18.2 Å². The summed E-state index contributed by atoms with van der Waals surface area (Å²) in [6, 6.07) is 9.34. The van der Waals surface area contributed by atoms with E-state index in [1.54, 1.807) is 18.2 Å². The van der Waals surface area contributed by atoms with Gasteiger partial charge in [-0.2, -0.15) is 18.3 Å². The molecule has 0 unspecified atom stereocenters. The molecule has 15 heteroatoms. The van der Waals surface area contributed by atoms with Gasteiger partial charge >= 0.3 is 6.18 Å². The predicted molar refractivity (Wildman–Crippen MR) is 131 cm³/mol. The number of ether oxygens (including phenoxy) is 1. The summed E-state index contributed by atoms with van der Waals surface area (Å²) in [6.07, 6.45) is -4.86. The van der Waals surface area contributed by atoms with Crippen LogP contribution in [0.15, 0.2) is 51.4 Å². The second kappa shape index (κ2) is 9.67. The normalized spacial score (nSPS) is 11.5. The lowest BCUT2D eigenvalue weighted by Gasteiger charge is -2.11. The Labute approximate surface area is 221 Å². The Morgan fingerprint density at radius 1 is 1.19 bits per heavy atom. The van der Waals surface area contributed by atoms with Crippen LogP contribution >= 0.6 is 43.5 Å². The van der Waals surface area contributed by atoms with Crippen LogP contribution in [-0.4, -0.2) is 32.5 Å². The van der Waals surface area contributed by atoms with E-state index in [-0.39, 0.29) is 26.0 Å². The number of methoxy groups -OCH3 is 1. The van der Waals surface area contributed by atoms with E-state index in [1.807, 2.05) is 0 Å². The highest BCUT2D eigenvalue weighted by atomic mass is 79.9. The fraction of sp³-hybridized carbons (Fsp3) is 0.0952. The number of amides is 1. The maximum absolute atomic E-state index is 13.9. The van der Waals surface area contributed by atoms with Crippen molar-refractivity contribution in [1.82, 2.24) is 14.6 Å². The molecule has 0 atom stereocenters. The first kappa shape index (κ1) is 25.9. The van der Waals surface area contributed by atoms with Gasteiger partial charge in [0.1, 0.15) is 10.8 Å². The number of fused-ring (bicyclic) bond motifs is 1. The van der Waals surface area contributed by atoms with Crippen LogP contribution in [0.25, 0.3) is 16.9 Å². The molecule has 186 valence electrons. The summed E-state index contributed by atoms with van der Waals surface area (Å²) < 4.78 is 47.7. The number of halogens is 6. The zero-order chi connectivity index (χ0) is 26.4. The molecule has 4 rings (SSSR count). The molecule has 0 bridgehead atoms. The zero-order valence-corrected chi connectivity index (χ0v) is 21.7. The number of hydrogen-bond acceptors (Lipinski definition) is 6. The third-order valence-corrected chi connectivity index (χ3v) is 6.48. The Hall–Kier alpha value is -3.23. The van der Waals surface area contributed by atoms with Crippen LogP contribution in [0.1, 0.15) is 16.2 Å². The Bertz CT molecular complexity index is 1520. The van der Waals surface area contributed by atoms with Crippen molar-refractivity contribution >= 4 is 66.4 Å². The summed E-state index contributed by atoms with van der Waals surface area (Å²) >= 11 is 12.5. The van der Waals surface area contributed by atoms with Crippen molar-refractivity contribution in [2.45, 2.75) is 6.18 Å². The molecule has 0 aliphatic rings. The Kier molecular flexibility index (Phi) is 6.94. The molecule has 2 aromatic carbocycles. The summed E-state index contributed by atoms with van der Waals surface area (Å²) in [5.41, 5.74) is -2.05. The molecule has 1 N–H and O–H groups in total. The second-order valence-electron chi connectivity index (χ2n) is 7.15. The molecule has 4 aromatic rings. The minimum Gasteiger partial charge on any atom is -0.497 e. The van der Waals surface area contributed by atoms with E-state index < -0.39 is 39.1 Å². The highest BCUT2D eigenvalue weighted by Crippen LogP contribution is 2.37. The van der Waals surface area contributed by atoms with E-state index in [1.165, 1.54) is 13.2 Å². The quantitative estimate of drug-likeness (QED) is 0.189. The molecule has 36 heavy (non-hydrogen) atoms. The largest absolute Gasteiger partial charge is 0.497 e. The van der Waals surface area contributed by atoms with E-state index in [4.69, 9.17) is 16.3 Å². The van der Waals surface area contributed by atoms with Crippen LogP contribution in [0.2, 0.25) is 5.02 Å². The third kappa shape index (κ3) is 4.88. The lowest BCUT2D eigenvalue weighted by atomic mass is 10.1. The van der Waals surface area contributed by atoms with Gasteiger partial charge in [-0.05, 0) is 50.1 Å². The Morgan fingerprint density at radius 2 is 1.86 bits per heavy atom.